The van der Waals surface area contributed by atoms with Gasteiger partial charge >= 0.3 is 17.8 Å². The number of H-pyrrole nitrogens is 1. The molecular weight excluding hydrogens is 339 g/mol. The Kier molecular flexibility index (Phi) is 4.92. The number of hydrogen-bond acceptors (Lipinski definition) is 7. The van der Waals surface area contributed by atoms with E-state index >= 15 is 0 Å². The largest absolute Gasteiger partial charge is 0.443 e. The predicted molar refractivity (Wildman–Crippen MR) is 97.9 cm³/mol. The zero-order valence-corrected chi connectivity index (χ0v) is 14.4. The standard InChI is InChI=1S/C13H11O2P.C3H6N6/c1-14-16-13-9-5-3-7-11(13)10-6-2-4-8-12(10)15-16;4-1-7-2(5)9-3(6)8-1/h2-9H,1H3;(H6,4,5,6,7,8,9)/p+1. The number of aromatic amines is 1. The molecule has 0 radical (unpaired) electrons. The number of aromatic nitrogens is 3. The van der Waals surface area contributed by atoms with Gasteiger partial charge in [0.1, 0.15) is 5.75 Å². The van der Waals surface area contributed by atoms with Gasteiger partial charge < -0.3 is 26.2 Å². The SMILES string of the molecule is COP1Oc2ccccc2-c2ccccc21.Nc1nc(N)[nH+]c(N)n1. The van der Waals surface area contributed by atoms with E-state index in [1.807, 2.05) is 30.3 Å². The quantitative estimate of drug-likeness (QED) is 0.559. The lowest BCUT2D eigenvalue weighted by Crippen LogP contribution is -2.20. The molecule has 8 nitrogen and oxygen atoms in total. The van der Waals surface area contributed by atoms with Crippen molar-refractivity contribution < 1.29 is 14.0 Å². The predicted octanol–water partition coefficient (Wildman–Crippen LogP) is 1.37. The highest BCUT2D eigenvalue weighted by Gasteiger charge is 2.26. The fourth-order valence-corrected chi connectivity index (χ4v) is 3.67. The molecule has 1 aliphatic heterocycles. The first-order valence-corrected chi connectivity index (χ1v) is 8.54. The van der Waals surface area contributed by atoms with Crippen molar-refractivity contribution in [3.05, 3.63) is 48.5 Å². The summed E-state index contributed by atoms with van der Waals surface area (Å²) in [5.74, 6) is 1.32. The maximum absolute atomic E-state index is 5.85. The second-order valence-electron chi connectivity index (χ2n) is 5.02. The van der Waals surface area contributed by atoms with Crippen LogP contribution in [0, 0.1) is 0 Å². The van der Waals surface area contributed by atoms with Gasteiger partial charge in [-0.15, -0.1) is 0 Å². The fourth-order valence-electron chi connectivity index (χ4n) is 2.36. The molecule has 128 valence electrons. The monoisotopic (exact) mass is 357 g/mol. The van der Waals surface area contributed by atoms with Gasteiger partial charge in [0.05, 0.1) is 5.30 Å². The zero-order chi connectivity index (χ0) is 17.8. The third kappa shape index (κ3) is 3.76. The van der Waals surface area contributed by atoms with Crippen LogP contribution < -0.4 is 32.0 Å². The molecule has 3 aromatic rings. The third-order valence-electron chi connectivity index (χ3n) is 3.35. The Morgan fingerprint density at radius 1 is 0.920 bits per heavy atom. The summed E-state index contributed by atoms with van der Waals surface area (Å²) in [6.07, 6.45) is 0. The Labute approximate surface area is 145 Å². The topological polar surface area (TPSA) is 136 Å². The van der Waals surface area contributed by atoms with E-state index in [0.29, 0.717) is 0 Å². The maximum Gasteiger partial charge on any atom is 0.320 e. The minimum absolute atomic E-state index is 0.0729. The molecule has 1 unspecified atom stereocenters. The molecule has 1 aliphatic rings. The van der Waals surface area contributed by atoms with E-state index in [-0.39, 0.29) is 17.8 Å². The molecule has 0 fully saturated rings. The molecule has 7 N–H and O–H groups in total. The Bertz CT molecular complexity index is 842. The third-order valence-corrected chi connectivity index (χ3v) is 4.83. The molecule has 1 atom stereocenters. The van der Waals surface area contributed by atoms with E-state index < -0.39 is 8.38 Å². The van der Waals surface area contributed by atoms with Gasteiger partial charge in [0.2, 0.25) is 0 Å². The molecule has 2 aromatic carbocycles. The van der Waals surface area contributed by atoms with Crippen LogP contribution in [0.15, 0.2) is 48.5 Å². The Morgan fingerprint density at radius 3 is 2.16 bits per heavy atom. The number of benzene rings is 2. The van der Waals surface area contributed by atoms with E-state index in [1.165, 1.54) is 5.56 Å². The van der Waals surface area contributed by atoms with Crippen LogP contribution in [0.4, 0.5) is 17.8 Å². The summed E-state index contributed by atoms with van der Waals surface area (Å²) in [5, 5.41) is 1.15. The number of anilines is 3. The van der Waals surface area contributed by atoms with Gasteiger partial charge in [-0.3, -0.25) is 0 Å². The van der Waals surface area contributed by atoms with Crippen LogP contribution in [-0.4, -0.2) is 17.1 Å². The van der Waals surface area contributed by atoms with Crippen molar-refractivity contribution in [1.82, 2.24) is 9.97 Å². The fraction of sp³-hybridized carbons (Fsp3) is 0.0625. The van der Waals surface area contributed by atoms with Gasteiger partial charge in [-0.05, 0) is 17.7 Å². The van der Waals surface area contributed by atoms with Crippen molar-refractivity contribution in [1.29, 1.82) is 0 Å². The van der Waals surface area contributed by atoms with Gasteiger partial charge in [0, 0.05) is 12.7 Å². The van der Waals surface area contributed by atoms with Gasteiger partial charge in [-0.2, -0.15) is 0 Å². The number of rotatable bonds is 1. The number of fused-ring (bicyclic) bond motifs is 3. The molecule has 25 heavy (non-hydrogen) atoms. The number of nitrogens with one attached hydrogen (secondary N) is 1. The minimum atomic E-state index is -0.972. The summed E-state index contributed by atoms with van der Waals surface area (Å²) in [7, 11) is 0.719. The lowest BCUT2D eigenvalue weighted by atomic mass is 10.0. The molecular formula is C16H18N6O2P+. The Morgan fingerprint density at radius 2 is 1.52 bits per heavy atom. The number of nitrogen functional groups attached to an aromatic ring is 3. The first-order valence-electron chi connectivity index (χ1n) is 7.37. The molecule has 0 spiro atoms. The molecule has 9 heteroatoms. The molecule has 2 heterocycles. The van der Waals surface area contributed by atoms with Gasteiger partial charge in [-0.1, -0.05) is 46.4 Å². The lowest BCUT2D eigenvalue weighted by Gasteiger charge is -2.25. The molecule has 1 aromatic heterocycles. The summed E-state index contributed by atoms with van der Waals surface area (Å²) in [6, 6.07) is 16.3. The highest BCUT2D eigenvalue weighted by Crippen LogP contribution is 2.48. The van der Waals surface area contributed by atoms with Crippen molar-refractivity contribution in [2.45, 2.75) is 0 Å². The van der Waals surface area contributed by atoms with Crippen LogP contribution in [-0.2, 0) is 4.52 Å². The zero-order valence-electron chi connectivity index (χ0n) is 13.5. The Balaban J connectivity index is 0.000000173. The number of hydrogen-bond donors (Lipinski definition) is 3. The van der Waals surface area contributed by atoms with Gasteiger partial charge in [-0.25, -0.2) is 4.98 Å². The number of nitrogens with two attached hydrogens (primary N) is 3. The first-order chi connectivity index (χ1) is 12.1. The summed E-state index contributed by atoms with van der Waals surface area (Å²) in [5.41, 5.74) is 17.9. The van der Waals surface area contributed by atoms with Crippen LogP contribution in [0.25, 0.3) is 11.1 Å². The van der Waals surface area contributed by atoms with Crippen molar-refractivity contribution >= 4 is 31.5 Å². The molecule has 0 amide bonds. The maximum atomic E-state index is 5.85. The van der Waals surface area contributed by atoms with E-state index in [9.17, 15) is 0 Å². The number of nitrogens with zero attached hydrogens (tertiary/aromatic N) is 2. The lowest BCUT2D eigenvalue weighted by molar-refractivity contribution is -0.350. The first kappa shape index (κ1) is 16.9. The second kappa shape index (κ2) is 7.29. The van der Waals surface area contributed by atoms with Crippen molar-refractivity contribution in [3.8, 4) is 16.9 Å². The van der Waals surface area contributed by atoms with Crippen LogP contribution in [0.5, 0.6) is 5.75 Å². The highest BCUT2D eigenvalue weighted by molar-refractivity contribution is 7.56. The summed E-state index contributed by atoms with van der Waals surface area (Å²) in [6.45, 7) is 0. The molecule has 4 rings (SSSR count). The van der Waals surface area contributed by atoms with E-state index in [2.05, 4.69) is 33.2 Å². The smallest absolute Gasteiger partial charge is 0.320 e. The van der Waals surface area contributed by atoms with E-state index in [1.54, 1.807) is 7.11 Å². The molecule has 0 saturated heterocycles. The average Bonchev–Trinajstić information content (AvgIpc) is 2.60. The minimum Gasteiger partial charge on any atom is -0.443 e. The number of para-hydroxylation sites is 1. The van der Waals surface area contributed by atoms with Crippen molar-refractivity contribution in [2.24, 2.45) is 0 Å². The van der Waals surface area contributed by atoms with Crippen LogP contribution in [0.2, 0.25) is 0 Å². The average molecular weight is 357 g/mol. The molecule has 0 aliphatic carbocycles. The summed E-state index contributed by atoms with van der Waals surface area (Å²) < 4.78 is 11.3. The van der Waals surface area contributed by atoms with Gasteiger partial charge in [0.15, 0.2) is 0 Å². The summed E-state index contributed by atoms with van der Waals surface area (Å²) >= 11 is 0. The van der Waals surface area contributed by atoms with E-state index in [0.717, 1.165) is 16.6 Å². The highest BCUT2D eigenvalue weighted by atomic mass is 31.2. The van der Waals surface area contributed by atoms with Gasteiger partial charge in [0.25, 0.3) is 8.38 Å². The normalized spacial score (nSPS) is 14.4. The van der Waals surface area contributed by atoms with Crippen LogP contribution >= 0.6 is 8.38 Å². The molecule has 0 saturated carbocycles. The second-order valence-corrected chi connectivity index (χ2v) is 6.57. The van der Waals surface area contributed by atoms with Crippen molar-refractivity contribution in [3.63, 3.8) is 0 Å². The van der Waals surface area contributed by atoms with Crippen molar-refractivity contribution in [2.75, 3.05) is 24.3 Å². The van der Waals surface area contributed by atoms with E-state index in [4.69, 9.17) is 26.2 Å². The Hall–Kier alpha value is -2.96. The van der Waals surface area contributed by atoms with Crippen LogP contribution in [0.1, 0.15) is 0 Å². The summed E-state index contributed by atoms with van der Waals surface area (Å²) in [4.78, 5) is 9.55. The molecule has 0 bridgehead atoms. The van der Waals surface area contributed by atoms with Crippen LogP contribution in [0.3, 0.4) is 0 Å².